The third-order valence-electron chi connectivity index (χ3n) is 6.22. The summed E-state index contributed by atoms with van der Waals surface area (Å²) in [6.45, 7) is 4.69. The Balaban J connectivity index is 1.56. The van der Waals surface area contributed by atoms with Crippen LogP contribution in [0.15, 0.2) is 58.5 Å². The van der Waals surface area contributed by atoms with E-state index in [1.165, 1.54) is 16.0 Å². The molecule has 0 aliphatic carbocycles. The summed E-state index contributed by atoms with van der Waals surface area (Å²) in [7, 11) is 0. The molecule has 0 saturated heterocycles. The van der Waals surface area contributed by atoms with E-state index in [1.807, 2.05) is 17.0 Å². The van der Waals surface area contributed by atoms with Crippen LogP contribution in [0.5, 0.6) is 0 Å². The number of aryl methyl sites for hydroxylation is 1. The summed E-state index contributed by atoms with van der Waals surface area (Å²) < 4.78 is 10.4. The maximum Gasteiger partial charge on any atom is 0.306 e. The molecular formula is C27H30N2O5S. The standard InChI is InChI=1S/C27H30N2O5S/c1-3-33-26(32)11-10-24(30)28(17-20-8-6-15-34-20)18-25(31)29-14-12-23-22(13-16-35-23)27(29)21-9-5-4-7-19(21)2/h4-9,13,15-16,27H,3,10-12,14,17-18H2,1-2H3. The van der Waals surface area contributed by atoms with E-state index in [9.17, 15) is 14.4 Å². The van der Waals surface area contributed by atoms with Gasteiger partial charge < -0.3 is 19.0 Å². The SMILES string of the molecule is CCOC(=O)CCC(=O)N(CC(=O)N1CCc2sccc2C1c1ccccc1C)Cc1ccco1. The van der Waals surface area contributed by atoms with Gasteiger partial charge in [-0.2, -0.15) is 0 Å². The molecule has 1 aliphatic heterocycles. The number of benzene rings is 1. The van der Waals surface area contributed by atoms with Gasteiger partial charge in [0.25, 0.3) is 0 Å². The molecule has 4 rings (SSSR count). The van der Waals surface area contributed by atoms with Crippen molar-refractivity contribution in [1.29, 1.82) is 0 Å². The number of esters is 1. The Hall–Kier alpha value is -3.39. The maximum absolute atomic E-state index is 13.7. The van der Waals surface area contributed by atoms with Crippen molar-refractivity contribution in [3.63, 3.8) is 0 Å². The second-order valence-corrected chi connectivity index (χ2v) is 9.53. The van der Waals surface area contributed by atoms with Gasteiger partial charge >= 0.3 is 5.97 Å². The molecule has 3 aromatic rings. The van der Waals surface area contributed by atoms with E-state index in [0.29, 0.717) is 12.3 Å². The van der Waals surface area contributed by atoms with Gasteiger partial charge in [0.1, 0.15) is 12.3 Å². The number of hydrogen-bond donors (Lipinski definition) is 0. The molecule has 0 bridgehead atoms. The molecule has 7 nitrogen and oxygen atoms in total. The minimum Gasteiger partial charge on any atom is -0.467 e. The number of carbonyl (C=O) groups excluding carboxylic acids is 3. The lowest BCUT2D eigenvalue weighted by molar-refractivity contribution is -0.147. The fraction of sp³-hybridized carbons (Fsp3) is 0.370. The molecule has 0 saturated carbocycles. The number of carbonyl (C=O) groups is 3. The maximum atomic E-state index is 13.7. The first-order valence-corrected chi connectivity index (χ1v) is 12.7. The quantitative estimate of drug-likeness (QED) is 0.410. The van der Waals surface area contributed by atoms with Crippen LogP contribution in [-0.2, 0) is 32.1 Å². The fourth-order valence-electron chi connectivity index (χ4n) is 4.49. The Morgan fingerprint density at radius 2 is 1.94 bits per heavy atom. The molecule has 3 heterocycles. The fourth-order valence-corrected chi connectivity index (χ4v) is 5.40. The number of ether oxygens (including phenoxy) is 1. The minimum atomic E-state index is -0.425. The number of nitrogens with zero attached hydrogens (tertiary/aromatic N) is 2. The number of rotatable bonds is 9. The zero-order valence-electron chi connectivity index (χ0n) is 20.1. The minimum absolute atomic E-state index is 0.0245. The third kappa shape index (κ3) is 5.82. The summed E-state index contributed by atoms with van der Waals surface area (Å²) in [6.07, 6.45) is 2.28. The van der Waals surface area contributed by atoms with Gasteiger partial charge in [0, 0.05) is 17.8 Å². The lowest BCUT2D eigenvalue weighted by Gasteiger charge is -2.38. The highest BCUT2D eigenvalue weighted by Gasteiger charge is 2.34. The van der Waals surface area contributed by atoms with Crippen molar-refractivity contribution in [3.8, 4) is 0 Å². The predicted molar refractivity (Wildman–Crippen MR) is 133 cm³/mol. The van der Waals surface area contributed by atoms with Gasteiger partial charge in [0.15, 0.2) is 0 Å². The summed E-state index contributed by atoms with van der Waals surface area (Å²) in [5.74, 6) is -0.267. The van der Waals surface area contributed by atoms with Crippen molar-refractivity contribution in [3.05, 3.63) is 81.4 Å². The molecule has 0 spiro atoms. The Kier molecular flexibility index (Phi) is 8.02. The van der Waals surface area contributed by atoms with Crippen LogP contribution in [0.4, 0.5) is 0 Å². The second-order valence-electron chi connectivity index (χ2n) is 8.53. The molecule has 1 aromatic carbocycles. The van der Waals surface area contributed by atoms with Gasteiger partial charge in [-0.25, -0.2) is 0 Å². The van der Waals surface area contributed by atoms with Crippen LogP contribution < -0.4 is 0 Å². The molecule has 1 unspecified atom stereocenters. The molecule has 0 N–H and O–H groups in total. The molecule has 2 aromatic heterocycles. The Morgan fingerprint density at radius 3 is 2.69 bits per heavy atom. The van der Waals surface area contributed by atoms with E-state index in [-0.39, 0.29) is 50.4 Å². The first kappa shape index (κ1) is 24.7. The van der Waals surface area contributed by atoms with E-state index >= 15 is 0 Å². The summed E-state index contributed by atoms with van der Waals surface area (Å²) in [4.78, 5) is 43.2. The second kappa shape index (κ2) is 11.4. The molecule has 1 aliphatic rings. The normalized spacial score (nSPS) is 14.9. The molecule has 2 amide bonds. The average Bonchev–Trinajstić information content (AvgIpc) is 3.54. The average molecular weight is 495 g/mol. The third-order valence-corrected chi connectivity index (χ3v) is 7.22. The van der Waals surface area contributed by atoms with E-state index < -0.39 is 5.97 Å². The highest BCUT2D eigenvalue weighted by molar-refractivity contribution is 7.10. The van der Waals surface area contributed by atoms with Gasteiger partial charge in [-0.05, 0) is 60.5 Å². The number of amides is 2. The van der Waals surface area contributed by atoms with Crippen LogP contribution in [0.2, 0.25) is 0 Å². The van der Waals surface area contributed by atoms with Crippen molar-refractivity contribution in [2.24, 2.45) is 0 Å². The van der Waals surface area contributed by atoms with Crippen molar-refractivity contribution in [2.75, 3.05) is 19.7 Å². The van der Waals surface area contributed by atoms with Crippen LogP contribution in [0.25, 0.3) is 0 Å². The van der Waals surface area contributed by atoms with E-state index in [0.717, 1.165) is 23.1 Å². The summed E-state index contributed by atoms with van der Waals surface area (Å²) in [5, 5.41) is 2.08. The molecule has 184 valence electrons. The molecule has 1 atom stereocenters. The molecule has 0 fully saturated rings. The summed E-state index contributed by atoms with van der Waals surface area (Å²) in [5.41, 5.74) is 3.36. The van der Waals surface area contributed by atoms with Gasteiger partial charge in [0.05, 0.1) is 31.9 Å². The van der Waals surface area contributed by atoms with Gasteiger partial charge in [-0.3, -0.25) is 14.4 Å². The largest absolute Gasteiger partial charge is 0.467 e. The molecule has 8 heteroatoms. The molecular weight excluding hydrogens is 464 g/mol. The highest BCUT2D eigenvalue weighted by atomic mass is 32.1. The highest BCUT2D eigenvalue weighted by Crippen LogP contribution is 2.39. The van der Waals surface area contributed by atoms with Crippen LogP contribution >= 0.6 is 11.3 Å². The molecule has 35 heavy (non-hydrogen) atoms. The number of furan rings is 1. The lowest BCUT2D eigenvalue weighted by atomic mass is 9.90. The van der Waals surface area contributed by atoms with Crippen LogP contribution in [-0.4, -0.2) is 47.3 Å². The van der Waals surface area contributed by atoms with Crippen LogP contribution in [0.3, 0.4) is 0 Å². The van der Waals surface area contributed by atoms with Crippen molar-refractivity contribution in [2.45, 2.75) is 45.7 Å². The topological polar surface area (TPSA) is 80.1 Å². The van der Waals surface area contributed by atoms with E-state index in [2.05, 4.69) is 30.5 Å². The van der Waals surface area contributed by atoms with Gasteiger partial charge in [-0.1, -0.05) is 24.3 Å². The Labute approximate surface area is 209 Å². The predicted octanol–water partition coefficient (Wildman–Crippen LogP) is 4.50. The van der Waals surface area contributed by atoms with Crippen molar-refractivity contribution >= 4 is 29.1 Å². The Bertz CT molecular complexity index is 1170. The van der Waals surface area contributed by atoms with Gasteiger partial charge in [0.2, 0.25) is 11.8 Å². The molecule has 0 radical (unpaired) electrons. The number of hydrogen-bond acceptors (Lipinski definition) is 6. The lowest BCUT2D eigenvalue weighted by Crippen LogP contribution is -2.46. The monoisotopic (exact) mass is 494 g/mol. The first-order chi connectivity index (χ1) is 17.0. The zero-order valence-corrected chi connectivity index (χ0v) is 20.9. The summed E-state index contributed by atoms with van der Waals surface area (Å²) in [6, 6.07) is 13.5. The van der Waals surface area contributed by atoms with E-state index in [4.69, 9.17) is 9.15 Å². The van der Waals surface area contributed by atoms with Gasteiger partial charge in [-0.15, -0.1) is 11.3 Å². The first-order valence-electron chi connectivity index (χ1n) is 11.8. The van der Waals surface area contributed by atoms with Crippen molar-refractivity contribution < 1.29 is 23.5 Å². The zero-order chi connectivity index (χ0) is 24.8. The number of thiophene rings is 1. The van der Waals surface area contributed by atoms with Crippen molar-refractivity contribution in [1.82, 2.24) is 9.80 Å². The van der Waals surface area contributed by atoms with Crippen LogP contribution in [0, 0.1) is 6.92 Å². The van der Waals surface area contributed by atoms with E-state index in [1.54, 1.807) is 30.4 Å². The number of fused-ring (bicyclic) bond motifs is 1. The van der Waals surface area contributed by atoms with Crippen LogP contribution in [0.1, 0.15) is 53.1 Å². The Morgan fingerprint density at radius 1 is 1.11 bits per heavy atom. The summed E-state index contributed by atoms with van der Waals surface area (Å²) >= 11 is 1.72. The smallest absolute Gasteiger partial charge is 0.306 e.